The molecule has 0 bridgehead atoms. The summed E-state index contributed by atoms with van der Waals surface area (Å²) in [6, 6.07) is 15.1. The van der Waals surface area contributed by atoms with Gasteiger partial charge >= 0.3 is 6.09 Å². The third-order valence-electron chi connectivity index (χ3n) is 3.07. The van der Waals surface area contributed by atoms with Gasteiger partial charge in [-0.3, -0.25) is 10.1 Å². The highest BCUT2D eigenvalue weighted by Crippen LogP contribution is 2.26. The zero-order valence-electron chi connectivity index (χ0n) is 12.1. The van der Waals surface area contributed by atoms with E-state index in [0.717, 1.165) is 5.56 Å². The van der Waals surface area contributed by atoms with Gasteiger partial charge in [0.1, 0.15) is 0 Å². The Balaban J connectivity index is 2.04. The first kappa shape index (κ1) is 16.0. The number of terminal acetylenes is 1. The third-order valence-corrected chi connectivity index (χ3v) is 3.07. The molecular weight excluding hydrogens is 296 g/mol. The molecule has 6 nitrogen and oxygen atoms in total. The molecular formula is C17H14N2O4. The number of nitrogens with one attached hydrogen (secondary N) is 1. The van der Waals surface area contributed by atoms with Crippen LogP contribution in [0.25, 0.3) is 0 Å². The molecule has 0 saturated carbocycles. The van der Waals surface area contributed by atoms with E-state index in [1.54, 1.807) is 6.07 Å². The van der Waals surface area contributed by atoms with Gasteiger partial charge in [0.05, 0.1) is 10.5 Å². The van der Waals surface area contributed by atoms with Crippen molar-refractivity contribution in [3.05, 3.63) is 75.8 Å². The number of nitrogens with zero attached hydrogens (tertiary/aromatic N) is 1. The van der Waals surface area contributed by atoms with Gasteiger partial charge in [0.2, 0.25) is 0 Å². The lowest BCUT2D eigenvalue weighted by Gasteiger charge is -2.13. The number of nitro benzene ring substituents is 1. The Kier molecular flexibility index (Phi) is 5.31. The smallest absolute Gasteiger partial charge is 0.409 e. The van der Waals surface area contributed by atoms with Crippen molar-refractivity contribution in [2.24, 2.45) is 0 Å². The monoisotopic (exact) mass is 310 g/mol. The average Bonchev–Trinajstić information content (AvgIpc) is 2.58. The SMILES string of the molecule is C#CC(OC(=O)NCc1ccccc1)c1ccccc1[N+](=O)[O-]. The van der Waals surface area contributed by atoms with Crippen LogP contribution in [0, 0.1) is 22.5 Å². The van der Waals surface area contributed by atoms with Crippen LogP contribution in [0.4, 0.5) is 10.5 Å². The minimum Gasteiger partial charge on any atom is -0.428 e. The Bertz CT molecular complexity index is 738. The number of para-hydroxylation sites is 1. The lowest BCUT2D eigenvalue weighted by Crippen LogP contribution is -2.25. The predicted octanol–water partition coefficient (Wildman–Crippen LogP) is 3.20. The topological polar surface area (TPSA) is 81.5 Å². The molecule has 0 fully saturated rings. The Morgan fingerprint density at radius 2 is 1.87 bits per heavy atom. The van der Waals surface area contributed by atoms with Crippen molar-refractivity contribution < 1.29 is 14.5 Å². The minimum absolute atomic E-state index is 0.162. The second-order valence-electron chi connectivity index (χ2n) is 4.61. The third kappa shape index (κ3) is 4.32. The Morgan fingerprint density at radius 1 is 1.22 bits per heavy atom. The Hall–Kier alpha value is -3.33. The fourth-order valence-electron chi connectivity index (χ4n) is 1.98. The van der Waals surface area contributed by atoms with Crippen molar-refractivity contribution in [3.63, 3.8) is 0 Å². The van der Waals surface area contributed by atoms with Gasteiger partial charge < -0.3 is 10.1 Å². The molecule has 0 aliphatic heterocycles. The first-order valence-corrected chi connectivity index (χ1v) is 6.79. The summed E-state index contributed by atoms with van der Waals surface area (Å²) in [6.07, 6.45) is 3.48. The number of rotatable bonds is 5. The summed E-state index contributed by atoms with van der Waals surface area (Å²) in [5.74, 6) is 2.26. The predicted molar refractivity (Wildman–Crippen MR) is 84.4 cm³/mol. The molecule has 2 rings (SSSR count). The summed E-state index contributed by atoms with van der Waals surface area (Å²) in [7, 11) is 0. The van der Waals surface area contributed by atoms with E-state index < -0.39 is 17.1 Å². The number of alkyl carbamates (subject to hydrolysis) is 1. The fraction of sp³-hybridized carbons (Fsp3) is 0.118. The van der Waals surface area contributed by atoms with Crippen LogP contribution in [0.5, 0.6) is 0 Å². The first-order valence-electron chi connectivity index (χ1n) is 6.79. The van der Waals surface area contributed by atoms with Gasteiger partial charge in [0.25, 0.3) is 5.69 Å². The van der Waals surface area contributed by atoms with Gasteiger partial charge in [-0.05, 0) is 11.6 Å². The normalized spacial score (nSPS) is 11.1. The molecule has 1 unspecified atom stereocenters. The summed E-state index contributed by atoms with van der Waals surface area (Å²) in [5, 5.41) is 13.6. The summed E-state index contributed by atoms with van der Waals surface area (Å²) in [6.45, 7) is 0.272. The van der Waals surface area contributed by atoms with Crippen molar-refractivity contribution in [2.45, 2.75) is 12.6 Å². The second-order valence-corrected chi connectivity index (χ2v) is 4.61. The molecule has 23 heavy (non-hydrogen) atoms. The Labute approximate surface area is 133 Å². The van der Waals surface area contributed by atoms with Crippen LogP contribution >= 0.6 is 0 Å². The van der Waals surface area contributed by atoms with Crippen LogP contribution in [0.2, 0.25) is 0 Å². The number of nitro groups is 1. The van der Waals surface area contributed by atoms with E-state index >= 15 is 0 Å². The summed E-state index contributed by atoms with van der Waals surface area (Å²) in [5.41, 5.74) is 0.869. The number of ether oxygens (including phenoxy) is 1. The van der Waals surface area contributed by atoms with Crippen molar-refractivity contribution >= 4 is 11.8 Å². The highest BCUT2D eigenvalue weighted by atomic mass is 16.6. The van der Waals surface area contributed by atoms with E-state index in [4.69, 9.17) is 11.2 Å². The second kappa shape index (κ2) is 7.61. The zero-order chi connectivity index (χ0) is 16.7. The summed E-state index contributed by atoms with van der Waals surface area (Å²) in [4.78, 5) is 22.3. The molecule has 116 valence electrons. The lowest BCUT2D eigenvalue weighted by molar-refractivity contribution is -0.386. The highest BCUT2D eigenvalue weighted by Gasteiger charge is 2.23. The standard InChI is InChI=1S/C17H14N2O4/c1-2-16(14-10-6-7-11-15(14)19(21)22)23-17(20)18-12-13-8-4-3-5-9-13/h1,3-11,16H,12H2,(H,18,20). The molecule has 1 amide bonds. The van der Waals surface area contributed by atoms with Gasteiger partial charge in [-0.25, -0.2) is 4.79 Å². The largest absolute Gasteiger partial charge is 0.428 e. The van der Waals surface area contributed by atoms with Crippen LogP contribution < -0.4 is 5.32 Å². The molecule has 6 heteroatoms. The van der Waals surface area contributed by atoms with Crippen LogP contribution in [0.1, 0.15) is 17.2 Å². The lowest BCUT2D eigenvalue weighted by atomic mass is 10.1. The number of hydrogen-bond donors (Lipinski definition) is 1. The zero-order valence-corrected chi connectivity index (χ0v) is 12.1. The summed E-state index contributed by atoms with van der Waals surface area (Å²) < 4.78 is 5.11. The van der Waals surface area contributed by atoms with Crippen LogP contribution in [0.3, 0.4) is 0 Å². The maximum absolute atomic E-state index is 11.8. The molecule has 0 heterocycles. The van der Waals surface area contributed by atoms with Crippen molar-refractivity contribution in [2.75, 3.05) is 0 Å². The van der Waals surface area contributed by atoms with Gasteiger partial charge in [-0.1, -0.05) is 48.4 Å². The molecule has 0 radical (unpaired) electrons. The van der Waals surface area contributed by atoms with Crippen molar-refractivity contribution in [3.8, 4) is 12.3 Å². The molecule has 0 aliphatic rings. The van der Waals surface area contributed by atoms with Crippen molar-refractivity contribution in [1.82, 2.24) is 5.32 Å². The van der Waals surface area contributed by atoms with Gasteiger partial charge in [0.15, 0.2) is 6.10 Å². The van der Waals surface area contributed by atoms with Crippen molar-refractivity contribution in [1.29, 1.82) is 0 Å². The van der Waals surface area contributed by atoms with E-state index in [9.17, 15) is 14.9 Å². The highest BCUT2D eigenvalue weighted by molar-refractivity contribution is 5.68. The van der Waals surface area contributed by atoms with E-state index in [1.807, 2.05) is 30.3 Å². The summed E-state index contributed by atoms with van der Waals surface area (Å²) >= 11 is 0. The van der Waals surface area contributed by atoms with Crippen LogP contribution in [0.15, 0.2) is 54.6 Å². The quantitative estimate of drug-likeness (QED) is 0.522. The van der Waals surface area contributed by atoms with E-state index in [1.165, 1.54) is 18.2 Å². The minimum atomic E-state index is -1.13. The molecule has 0 aliphatic carbocycles. The maximum Gasteiger partial charge on any atom is 0.409 e. The number of benzene rings is 2. The molecule has 2 aromatic carbocycles. The van der Waals surface area contributed by atoms with E-state index in [2.05, 4.69) is 11.2 Å². The molecule has 2 aromatic rings. The molecule has 1 N–H and O–H groups in total. The molecule has 0 saturated heterocycles. The van der Waals surface area contributed by atoms with Gasteiger partial charge in [-0.15, -0.1) is 6.42 Å². The van der Waals surface area contributed by atoms with E-state index in [0.29, 0.717) is 0 Å². The van der Waals surface area contributed by atoms with Gasteiger partial charge in [-0.2, -0.15) is 0 Å². The average molecular weight is 310 g/mol. The number of carbonyl (C=O) groups is 1. The molecule has 1 atom stereocenters. The van der Waals surface area contributed by atoms with E-state index in [-0.39, 0.29) is 17.8 Å². The maximum atomic E-state index is 11.8. The van der Waals surface area contributed by atoms with Crippen LogP contribution in [-0.4, -0.2) is 11.0 Å². The molecule has 0 aromatic heterocycles. The molecule has 0 spiro atoms. The van der Waals surface area contributed by atoms with Gasteiger partial charge in [0, 0.05) is 12.6 Å². The fourth-order valence-corrected chi connectivity index (χ4v) is 1.98. The number of amides is 1. The number of hydrogen-bond acceptors (Lipinski definition) is 4. The number of carbonyl (C=O) groups excluding carboxylic acids is 1. The Morgan fingerprint density at radius 3 is 2.52 bits per heavy atom. The first-order chi connectivity index (χ1) is 11.1. The van der Waals surface area contributed by atoms with Crippen LogP contribution in [-0.2, 0) is 11.3 Å².